The summed E-state index contributed by atoms with van der Waals surface area (Å²) in [5.41, 5.74) is 2.25. The van der Waals surface area contributed by atoms with Gasteiger partial charge in [-0.1, -0.05) is 85.8 Å². The van der Waals surface area contributed by atoms with E-state index in [1.54, 1.807) is 96.9 Å². The van der Waals surface area contributed by atoms with Crippen molar-refractivity contribution in [3.05, 3.63) is 161 Å². The second kappa shape index (κ2) is 16.9. The monoisotopic (exact) mass is 798 g/mol. The Morgan fingerprint density at radius 1 is 0.793 bits per heavy atom. The molecule has 0 radical (unpaired) electrons. The van der Waals surface area contributed by atoms with Crippen LogP contribution in [0.25, 0.3) is 0 Å². The number of nitrogens with one attached hydrogen (secondary N) is 2. The number of carbonyl (C=O) groups excluding carboxylic acids is 4. The highest BCUT2D eigenvalue weighted by atomic mass is 28.4. The van der Waals surface area contributed by atoms with E-state index in [9.17, 15) is 19.5 Å². The summed E-state index contributed by atoms with van der Waals surface area (Å²) in [5.74, 6) is -1.98. The van der Waals surface area contributed by atoms with Crippen molar-refractivity contribution < 1.29 is 33.1 Å². The predicted molar refractivity (Wildman–Crippen MR) is 224 cm³/mol. The number of aliphatic hydroxyl groups excluding tert-OH is 1. The molecule has 1 spiro atoms. The van der Waals surface area contributed by atoms with Crippen LogP contribution in [0.1, 0.15) is 50.8 Å². The molecule has 5 aromatic rings. The van der Waals surface area contributed by atoms with Crippen molar-refractivity contribution in [1.29, 1.82) is 0 Å². The number of nitrogens with zero attached hydrogens (tertiary/aromatic N) is 2. The van der Waals surface area contributed by atoms with Crippen molar-refractivity contribution in [2.45, 2.75) is 56.8 Å². The Kier molecular flexibility index (Phi) is 11.7. The number of ether oxygens (including phenoxy) is 1. The van der Waals surface area contributed by atoms with Crippen LogP contribution in [0.4, 0.5) is 21.2 Å². The number of hydrogen-bond acceptors (Lipinski definition) is 6. The van der Waals surface area contributed by atoms with E-state index in [0.717, 1.165) is 11.1 Å². The van der Waals surface area contributed by atoms with Crippen LogP contribution in [0.2, 0.25) is 18.6 Å². The van der Waals surface area contributed by atoms with Crippen LogP contribution in [0.5, 0.6) is 0 Å². The fourth-order valence-electron chi connectivity index (χ4n) is 8.46. The van der Waals surface area contributed by atoms with Gasteiger partial charge in [0.2, 0.25) is 14.3 Å². The molecule has 2 aliphatic rings. The Morgan fingerprint density at radius 2 is 1.34 bits per heavy atom. The first-order valence-corrected chi connectivity index (χ1v) is 22.4. The molecule has 298 valence electrons. The quantitative estimate of drug-likeness (QED) is 0.0821. The maximum atomic E-state index is 16.7. The average Bonchev–Trinajstić information content (AvgIpc) is 3.64. The van der Waals surface area contributed by atoms with Crippen molar-refractivity contribution in [2.24, 2.45) is 5.92 Å². The predicted octanol–water partition coefficient (Wildman–Crippen LogP) is 7.92. The molecule has 1 saturated heterocycles. The first-order chi connectivity index (χ1) is 27.9. The van der Waals surface area contributed by atoms with Gasteiger partial charge >= 0.3 is 0 Å². The summed E-state index contributed by atoms with van der Waals surface area (Å²) in [6.45, 7) is 5.20. The van der Waals surface area contributed by atoms with E-state index in [1.807, 2.05) is 61.5 Å². The number of benzene rings is 5. The molecule has 58 heavy (non-hydrogen) atoms. The van der Waals surface area contributed by atoms with Gasteiger partial charge < -0.3 is 34.4 Å². The molecule has 4 amide bonds. The third-order valence-corrected chi connectivity index (χ3v) is 13.6. The van der Waals surface area contributed by atoms with Gasteiger partial charge in [0.1, 0.15) is 0 Å². The number of halogens is 1. The maximum absolute atomic E-state index is 16.7. The Labute approximate surface area is 338 Å². The van der Waals surface area contributed by atoms with Gasteiger partial charge in [-0.3, -0.25) is 19.2 Å². The van der Waals surface area contributed by atoms with E-state index < -0.39 is 37.5 Å². The Bertz CT molecular complexity index is 2270. The smallest absolute Gasteiger partial charge is 0.264 e. The number of rotatable bonds is 13. The van der Waals surface area contributed by atoms with Crippen molar-refractivity contribution in [2.75, 3.05) is 28.7 Å². The van der Waals surface area contributed by atoms with E-state index in [4.69, 9.17) is 4.74 Å². The van der Waals surface area contributed by atoms with Crippen molar-refractivity contribution in [3.63, 3.8) is 0 Å². The minimum Gasteiger partial charge on any atom is -0.395 e. The normalized spacial score (nSPS) is 19.8. The van der Waals surface area contributed by atoms with Crippen LogP contribution in [0.15, 0.2) is 133 Å². The number of fused-ring (bicyclic) bond motifs is 2. The summed E-state index contributed by atoms with van der Waals surface area (Å²) in [5, 5.41) is 15.7. The number of carbonyl (C=O) groups is 4. The highest BCUT2D eigenvalue weighted by Gasteiger charge is 2.67. The Morgan fingerprint density at radius 3 is 1.91 bits per heavy atom. The zero-order valence-electron chi connectivity index (χ0n) is 32.7. The van der Waals surface area contributed by atoms with Gasteiger partial charge in [-0.05, 0) is 78.8 Å². The molecule has 1 fully saturated rings. The molecule has 0 unspecified atom stereocenters. The molecule has 4 atom stereocenters. The molecule has 0 aromatic heterocycles. The van der Waals surface area contributed by atoms with Crippen LogP contribution in [0, 0.1) is 5.92 Å². The second-order valence-electron chi connectivity index (χ2n) is 15.5. The standard InChI is InChI=1S/C46H47FN4O6Si/c1-31-42(58(2,3)47)40(28-41(53)50(25-26-52)29-32-13-7-4-8-14-32)57-46(31)38-27-37(49-44(55)35-17-11-6-12-18-35)23-24-39(38)51(45(46)56)30-33-19-21-36(22-20-33)48-43(54)34-15-9-5-10-16-34/h4-24,27,31,40,42,52H,25-26,28-30H2,1-3H3,(H,48,54)(H,49,55)/t31-,40+,42-,46+/m0/s1. The molecule has 5 aromatic carbocycles. The Hall–Kier alpha value is -5.95. The number of hydrogen-bond donors (Lipinski definition) is 3. The van der Waals surface area contributed by atoms with Crippen molar-refractivity contribution in [3.8, 4) is 0 Å². The topological polar surface area (TPSA) is 128 Å². The van der Waals surface area contributed by atoms with Crippen LogP contribution < -0.4 is 15.5 Å². The van der Waals surface area contributed by atoms with Gasteiger partial charge in [0, 0.05) is 52.6 Å². The molecule has 12 heteroatoms. The van der Waals surface area contributed by atoms with Crippen LogP contribution in [-0.4, -0.2) is 61.3 Å². The molecular weight excluding hydrogens is 752 g/mol. The van der Waals surface area contributed by atoms with Crippen LogP contribution in [-0.2, 0) is 33.0 Å². The summed E-state index contributed by atoms with van der Waals surface area (Å²) >= 11 is 0. The highest BCUT2D eigenvalue weighted by Crippen LogP contribution is 2.60. The lowest BCUT2D eigenvalue weighted by Gasteiger charge is -2.31. The molecular formula is C46H47FN4O6Si. The molecule has 3 N–H and O–H groups in total. The summed E-state index contributed by atoms with van der Waals surface area (Å²) in [7, 11) is -3.63. The van der Waals surface area contributed by atoms with Crippen molar-refractivity contribution in [1.82, 2.24) is 4.90 Å². The summed E-state index contributed by atoms with van der Waals surface area (Å²) < 4.78 is 23.6. The van der Waals surface area contributed by atoms with Crippen molar-refractivity contribution >= 4 is 49.1 Å². The van der Waals surface area contributed by atoms with Gasteiger partial charge in [-0.2, -0.15) is 0 Å². The molecule has 0 bridgehead atoms. The van der Waals surface area contributed by atoms with Crippen LogP contribution >= 0.6 is 0 Å². The summed E-state index contributed by atoms with van der Waals surface area (Å²) in [4.78, 5) is 58.4. The number of anilines is 3. The van der Waals surface area contributed by atoms with E-state index in [0.29, 0.717) is 33.8 Å². The highest BCUT2D eigenvalue weighted by molar-refractivity contribution is 6.72. The van der Waals surface area contributed by atoms with Gasteiger partial charge in [0.15, 0.2) is 5.60 Å². The lowest BCUT2D eigenvalue weighted by Crippen LogP contribution is -2.45. The van der Waals surface area contributed by atoms with Gasteiger partial charge in [0.05, 0.1) is 31.4 Å². The van der Waals surface area contributed by atoms with Gasteiger partial charge in [-0.25, -0.2) is 0 Å². The fraction of sp³-hybridized carbons (Fsp3) is 0.261. The zero-order valence-corrected chi connectivity index (χ0v) is 33.7. The Balaban J connectivity index is 1.22. The zero-order chi connectivity index (χ0) is 41.0. The average molecular weight is 799 g/mol. The molecule has 2 heterocycles. The first-order valence-electron chi connectivity index (χ1n) is 19.5. The minimum atomic E-state index is -3.63. The third-order valence-electron chi connectivity index (χ3n) is 11.2. The van der Waals surface area contributed by atoms with Crippen LogP contribution in [0.3, 0.4) is 0 Å². The van der Waals surface area contributed by atoms with E-state index in [2.05, 4.69) is 10.6 Å². The lowest BCUT2D eigenvalue weighted by atomic mass is 9.82. The fourth-order valence-corrected chi connectivity index (χ4v) is 11.0. The van der Waals surface area contributed by atoms with E-state index in [-0.39, 0.29) is 50.4 Å². The molecule has 0 aliphatic carbocycles. The van der Waals surface area contributed by atoms with Gasteiger partial charge in [0.25, 0.3) is 17.7 Å². The number of aliphatic hydroxyl groups is 1. The first kappa shape index (κ1) is 40.3. The van der Waals surface area contributed by atoms with E-state index in [1.165, 1.54) is 4.90 Å². The second-order valence-corrected chi connectivity index (χ2v) is 19.3. The minimum absolute atomic E-state index is 0.0804. The summed E-state index contributed by atoms with van der Waals surface area (Å²) in [6.07, 6.45) is -1.13. The molecule has 10 nitrogen and oxygen atoms in total. The third kappa shape index (κ3) is 8.22. The maximum Gasteiger partial charge on any atom is 0.264 e. The summed E-state index contributed by atoms with van der Waals surface area (Å²) in [6, 6.07) is 39.5. The molecule has 2 aliphatic heterocycles. The number of amides is 4. The lowest BCUT2D eigenvalue weighted by molar-refractivity contribution is -0.150. The molecule has 7 rings (SSSR count). The van der Waals surface area contributed by atoms with Gasteiger partial charge in [-0.15, -0.1) is 0 Å². The SMILES string of the molecule is C[C@H]1[C@H]([Si](C)(C)F)[C@@H](CC(=O)N(CCO)Cc2ccccc2)O[C@]12C(=O)N(Cc1ccc(NC(=O)c3ccccc3)cc1)c1ccc(NC(=O)c3ccccc3)cc12. The van der Waals surface area contributed by atoms with E-state index >= 15 is 8.90 Å². The largest absolute Gasteiger partial charge is 0.395 e. The molecule has 0 saturated carbocycles.